The van der Waals surface area contributed by atoms with Gasteiger partial charge in [-0.1, -0.05) is 43.5 Å². The van der Waals surface area contributed by atoms with Crippen molar-refractivity contribution < 1.29 is 9.53 Å². The number of benzene rings is 1. The van der Waals surface area contributed by atoms with E-state index in [2.05, 4.69) is 13.2 Å². The molecule has 0 atom stereocenters. The van der Waals surface area contributed by atoms with Crippen LogP contribution in [-0.4, -0.2) is 11.6 Å². The minimum atomic E-state index is -0.560. The van der Waals surface area contributed by atoms with Crippen LogP contribution in [0.5, 0.6) is 0 Å². The largest absolute Gasteiger partial charge is 0.456 e. The van der Waals surface area contributed by atoms with Gasteiger partial charge in [0.2, 0.25) is 0 Å². The fourth-order valence-electron chi connectivity index (χ4n) is 1.73. The number of hydrogen-bond acceptors (Lipinski definition) is 2. The Balaban J connectivity index is 2.85. The summed E-state index contributed by atoms with van der Waals surface area (Å²) < 4.78 is 5.43. The van der Waals surface area contributed by atoms with Gasteiger partial charge in [-0.25, -0.2) is 4.79 Å². The molecule has 1 aromatic carbocycles. The van der Waals surface area contributed by atoms with Crippen molar-refractivity contribution in [1.29, 1.82) is 0 Å². The van der Waals surface area contributed by atoms with Crippen molar-refractivity contribution >= 4 is 12.0 Å². The van der Waals surface area contributed by atoms with Crippen LogP contribution < -0.4 is 0 Å². The van der Waals surface area contributed by atoms with Crippen LogP contribution in [-0.2, 0) is 16.0 Å². The predicted octanol–water partition coefficient (Wildman–Crippen LogP) is 3.77. The highest BCUT2D eigenvalue weighted by Crippen LogP contribution is 2.21. The van der Waals surface area contributed by atoms with E-state index in [0.29, 0.717) is 12.0 Å². The van der Waals surface area contributed by atoms with E-state index < -0.39 is 5.60 Å². The normalized spacial score (nSPS) is 10.8. The third-order valence-electron chi connectivity index (χ3n) is 2.61. The van der Waals surface area contributed by atoms with Gasteiger partial charge in [-0.2, -0.15) is 0 Å². The monoisotopic (exact) mass is 244 g/mol. The number of esters is 1. The molecule has 0 saturated heterocycles. The Labute approximate surface area is 109 Å². The lowest BCUT2D eigenvalue weighted by atomic mass is 9.94. The molecule has 0 aliphatic heterocycles. The molecule has 0 bridgehead atoms. The third kappa shape index (κ3) is 3.88. The van der Waals surface area contributed by atoms with Gasteiger partial charge in [0.1, 0.15) is 5.60 Å². The standard InChI is InChI=1S/C16H20O2/c1-6-13-9-7-8-10-14(13)11-16(4,5)18-15(17)12(2)3/h6-10H,1-2,11H2,3-5H3. The number of carbonyl (C=O) groups is 1. The molecule has 18 heavy (non-hydrogen) atoms. The van der Waals surface area contributed by atoms with E-state index in [1.165, 1.54) is 0 Å². The molecule has 0 fully saturated rings. The molecular formula is C16H20O2. The Hall–Kier alpha value is -1.83. The van der Waals surface area contributed by atoms with Gasteiger partial charge >= 0.3 is 5.97 Å². The van der Waals surface area contributed by atoms with E-state index in [1.54, 1.807) is 6.92 Å². The summed E-state index contributed by atoms with van der Waals surface area (Å²) in [5.74, 6) is -0.351. The highest BCUT2D eigenvalue weighted by Gasteiger charge is 2.24. The third-order valence-corrected chi connectivity index (χ3v) is 2.61. The van der Waals surface area contributed by atoms with Crippen molar-refractivity contribution in [2.45, 2.75) is 32.8 Å². The number of rotatable bonds is 5. The second-order valence-electron chi connectivity index (χ2n) is 5.01. The summed E-state index contributed by atoms with van der Waals surface area (Å²) in [4.78, 5) is 11.6. The fraction of sp³-hybridized carbons (Fsp3) is 0.312. The average molecular weight is 244 g/mol. The van der Waals surface area contributed by atoms with E-state index in [0.717, 1.165) is 11.1 Å². The minimum absolute atomic E-state index is 0.351. The van der Waals surface area contributed by atoms with E-state index in [-0.39, 0.29) is 5.97 Å². The Morgan fingerprint density at radius 1 is 1.39 bits per heavy atom. The van der Waals surface area contributed by atoms with E-state index >= 15 is 0 Å². The van der Waals surface area contributed by atoms with E-state index in [9.17, 15) is 4.79 Å². The molecule has 1 rings (SSSR count). The highest BCUT2D eigenvalue weighted by molar-refractivity contribution is 5.87. The molecule has 0 aliphatic rings. The molecule has 0 spiro atoms. The number of carbonyl (C=O) groups excluding carboxylic acids is 1. The lowest BCUT2D eigenvalue weighted by molar-refractivity contribution is -0.151. The van der Waals surface area contributed by atoms with E-state index in [4.69, 9.17) is 4.74 Å². The summed E-state index contributed by atoms with van der Waals surface area (Å²) in [7, 11) is 0. The minimum Gasteiger partial charge on any atom is -0.456 e. The van der Waals surface area contributed by atoms with Gasteiger partial charge in [0.15, 0.2) is 0 Å². The Bertz CT molecular complexity index is 470. The van der Waals surface area contributed by atoms with E-state index in [1.807, 2.05) is 44.2 Å². The maximum Gasteiger partial charge on any atom is 0.333 e. The quantitative estimate of drug-likeness (QED) is 0.582. The second-order valence-corrected chi connectivity index (χ2v) is 5.01. The molecule has 0 saturated carbocycles. The zero-order valence-corrected chi connectivity index (χ0v) is 11.3. The summed E-state index contributed by atoms with van der Waals surface area (Å²) in [6.45, 7) is 12.8. The molecule has 2 heteroatoms. The zero-order valence-electron chi connectivity index (χ0n) is 11.3. The Kier molecular flexibility index (Phi) is 4.49. The lowest BCUT2D eigenvalue weighted by Crippen LogP contribution is -2.31. The first-order chi connectivity index (χ1) is 8.35. The lowest BCUT2D eigenvalue weighted by Gasteiger charge is -2.26. The first-order valence-electron chi connectivity index (χ1n) is 5.95. The summed E-state index contributed by atoms with van der Waals surface area (Å²) >= 11 is 0. The van der Waals surface area contributed by atoms with Crippen LogP contribution in [0.15, 0.2) is 43.0 Å². The zero-order chi connectivity index (χ0) is 13.8. The molecule has 0 amide bonds. The van der Waals surface area contributed by atoms with Gasteiger partial charge in [-0.15, -0.1) is 0 Å². The van der Waals surface area contributed by atoms with Crippen LogP contribution in [0.1, 0.15) is 31.9 Å². The molecule has 0 unspecified atom stereocenters. The van der Waals surface area contributed by atoms with Gasteiger partial charge in [0.05, 0.1) is 0 Å². The van der Waals surface area contributed by atoms with Gasteiger partial charge in [0.25, 0.3) is 0 Å². The molecule has 0 N–H and O–H groups in total. The molecule has 0 aromatic heterocycles. The topological polar surface area (TPSA) is 26.3 Å². The SMILES string of the molecule is C=Cc1ccccc1CC(C)(C)OC(=O)C(=C)C. The van der Waals surface area contributed by atoms with Crippen LogP contribution in [0.3, 0.4) is 0 Å². The molecule has 1 aromatic rings. The first-order valence-corrected chi connectivity index (χ1v) is 5.95. The number of ether oxygens (including phenoxy) is 1. The molecular weight excluding hydrogens is 224 g/mol. The number of hydrogen-bond donors (Lipinski definition) is 0. The van der Waals surface area contributed by atoms with Crippen LogP contribution in [0, 0.1) is 0 Å². The van der Waals surface area contributed by atoms with Crippen LogP contribution in [0.4, 0.5) is 0 Å². The Morgan fingerprint density at radius 3 is 2.56 bits per heavy atom. The van der Waals surface area contributed by atoms with Crippen LogP contribution in [0.2, 0.25) is 0 Å². The molecule has 0 aliphatic carbocycles. The van der Waals surface area contributed by atoms with Crippen molar-refractivity contribution in [3.8, 4) is 0 Å². The maximum absolute atomic E-state index is 11.6. The smallest absolute Gasteiger partial charge is 0.333 e. The van der Waals surface area contributed by atoms with Crippen LogP contribution >= 0.6 is 0 Å². The van der Waals surface area contributed by atoms with Gasteiger partial charge in [-0.05, 0) is 31.9 Å². The van der Waals surface area contributed by atoms with Crippen molar-refractivity contribution in [2.75, 3.05) is 0 Å². The summed E-state index contributed by atoms with van der Waals surface area (Å²) in [5, 5.41) is 0. The maximum atomic E-state index is 11.6. The molecule has 2 nitrogen and oxygen atoms in total. The average Bonchev–Trinajstić information content (AvgIpc) is 2.28. The van der Waals surface area contributed by atoms with Gasteiger partial charge in [-0.3, -0.25) is 0 Å². The van der Waals surface area contributed by atoms with Gasteiger partial charge in [0, 0.05) is 12.0 Å². The molecule has 96 valence electrons. The van der Waals surface area contributed by atoms with Crippen LogP contribution in [0.25, 0.3) is 6.08 Å². The van der Waals surface area contributed by atoms with Crippen molar-refractivity contribution in [2.24, 2.45) is 0 Å². The van der Waals surface area contributed by atoms with Crippen molar-refractivity contribution in [3.63, 3.8) is 0 Å². The summed E-state index contributed by atoms with van der Waals surface area (Å²) in [6.07, 6.45) is 2.46. The summed E-state index contributed by atoms with van der Waals surface area (Å²) in [5.41, 5.74) is 2.04. The molecule has 0 radical (unpaired) electrons. The van der Waals surface area contributed by atoms with Crippen molar-refractivity contribution in [3.05, 3.63) is 54.1 Å². The second kappa shape index (κ2) is 5.67. The fourth-order valence-corrected chi connectivity index (χ4v) is 1.73. The Morgan fingerprint density at radius 2 is 2.00 bits per heavy atom. The van der Waals surface area contributed by atoms with Gasteiger partial charge < -0.3 is 4.74 Å². The highest BCUT2D eigenvalue weighted by atomic mass is 16.6. The predicted molar refractivity (Wildman–Crippen MR) is 75.2 cm³/mol. The molecule has 0 heterocycles. The summed E-state index contributed by atoms with van der Waals surface area (Å²) in [6, 6.07) is 7.96. The van der Waals surface area contributed by atoms with Crippen molar-refractivity contribution in [1.82, 2.24) is 0 Å². The first kappa shape index (κ1) is 14.2.